The minimum absolute atomic E-state index is 0.106. The first-order chi connectivity index (χ1) is 28.3. The van der Waals surface area contributed by atoms with Crippen molar-refractivity contribution >= 4 is 24.7 Å². The molecule has 58 heavy (non-hydrogen) atoms. The molecule has 0 saturated carbocycles. The Morgan fingerprint density at radius 2 is 1.05 bits per heavy atom. The highest BCUT2D eigenvalue weighted by Gasteiger charge is 2.16. The van der Waals surface area contributed by atoms with Crippen LogP contribution in [0.15, 0.2) is 111 Å². The third kappa shape index (κ3) is 9.16. The van der Waals surface area contributed by atoms with Gasteiger partial charge in [0.25, 0.3) is 0 Å². The molecule has 0 atom stereocenters. The zero-order chi connectivity index (χ0) is 41.0. The van der Waals surface area contributed by atoms with Crippen molar-refractivity contribution in [2.45, 2.75) is 40.3 Å². The van der Waals surface area contributed by atoms with E-state index in [-0.39, 0.29) is 26.4 Å². The van der Waals surface area contributed by atoms with Gasteiger partial charge in [0.15, 0.2) is 12.6 Å². The molecule has 0 spiro atoms. The summed E-state index contributed by atoms with van der Waals surface area (Å²) in [6.45, 7) is 12.5. The first kappa shape index (κ1) is 39.9. The monoisotopic (exact) mass is 766 g/mol. The van der Waals surface area contributed by atoms with E-state index in [1.54, 1.807) is 60.9 Å². The molecule has 10 nitrogen and oxygen atoms in total. The summed E-state index contributed by atoms with van der Waals surface area (Å²) in [7, 11) is 0. The Bertz CT molecular complexity index is 2440. The normalized spacial score (nSPS) is 10.4. The molecular formula is C48H38N4O6. The highest BCUT2D eigenvalue weighted by atomic mass is 16.5. The number of rotatable bonds is 17. The van der Waals surface area contributed by atoms with E-state index in [1.807, 2.05) is 44.2 Å². The SMILES string of the molecule is C=Cc1cc(C=O)c(OCc2cncc(C#N)c2)cc1COc1cccc(-c2cccc(COc3cc(OCc4cncc(C#N)c4)c(C=O)cc3C=C)c2C)c1C. The molecule has 0 amide bonds. The van der Waals surface area contributed by atoms with Crippen molar-refractivity contribution in [1.82, 2.24) is 9.97 Å². The van der Waals surface area contributed by atoms with Crippen molar-refractivity contribution in [3.8, 4) is 46.3 Å². The highest BCUT2D eigenvalue weighted by Crippen LogP contribution is 2.36. The van der Waals surface area contributed by atoms with E-state index in [1.165, 1.54) is 12.4 Å². The van der Waals surface area contributed by atoms with E-state index in [2.05, 4.69) is 41.3 Å². The van der Waals surface area contributed by atoms with Gasteiger partial charge in [-0.3, -0.25) is 19.6 Å². The summed E-state index contributed by atoms with van der Waals surface area (Å²) in [5.74, 6) is 1.89. The van der Waals surface area contributed by atoms with Crippen LogP contribution in [-0.4, -0.2) is 22.5 Å². The molecule has 0 aliphatic rings. The Morgan fingerprint density at radius 1 is 0.552 bits per heavy atom. The van der Waals surface area contributed by atoms with Crippen molar-refractivity contribution in [2.75, 3.05) is 0 Å². The van der Waals surface area contributed by atoms with Crippen LogP contribution < -0.4 is 18.9 Å². The maximum Gasteiger partial charge on any atom is 0.153 e. The highest BCUT2D eigenvalue weighted by molar-refractivity contribution is 5.83. The summed E-state index contributed by atoms with van der Waals surface area (Å²) in [6.07, 6.45) is 10.9. The largest absolute Gasteiger partial charge is 0.489 e. The van der Waals surface area contributed by atoms with Crippen molar-refractivity contribution in [3.63, 3.8) is 0 Å². The van der Waals surface area contributed by atoms with E-state index in [0.29, 0.717) is 61.9 Å². The number of carbonyl (C=O) groups is 2. The second-order valence-electron chi connectivity index (χ2n) is 13.2. The smallest absolute Gasteiger partial charge is 0.153 e. The van der Waals surface area contributed by atoms with Gasteiger partial charge < -0.3 is 18.9 Å². The lowest BCUT2D eigenvalue weighted by molar-refractivity contribution is 0.111. The lowest BCUT2D eigenvalue weighted by Gasteiger charge is -2.18. The molecule has 2 aromatic heterocycles. The van der Waals surface area contributed by atoms with Gasteiger partial charge in [-0.2, -0.15) is 10.5 Å². The van der Waals surface area contributed by atoms with Crippen LogP contribution in [-0.2, 0) is 26.4 Å². The van der Waals surface area contributed by atoms with Crippen molar-refractivity contribution in [1.29, 1.82) is 10.5 Å². The second kappa shape index (κ2) is 18.7. The molecule has 0 fully saturated rings. The zero-order valence-electron chi connectivity index (χ0n) is 32.0. The number of nitrogens with zero attached hydrogens (tertiary/aromatic N) is 4. The van der Waals surface area contributed by atoms with Gasteiger partial charge in [0.1, 0.15) is 61.6 Å². The van der Waals surface area contributed by atoms with Gasteiger partial charge in [-0.1, -0.05) is 55.6 Å². The standard InChI is InChI=1S/C48H38N4O6/c1-5-37-15-40(25-53)46(55-27-35-13-33(19-49)21-51-23-35)17-42(37)30-57-45-12-8-11-44(32(45)4)43-10-7-9-39(31(43)3)29-58-47-18-48(41(26-54)16-38(47)6-2)56-28-36-14-34(20-50)22-52-24-36/h5-18,21-26H,1-2,27-30H2,3-4H3. The topological polar surface area (TPSA) is 144 Å². The fraction of sp³-hybridized carbons (Fsp3) is 0.125. The fourth-order valence-electron chi connectivity index (χ4n) is 6.37. The van der Waals surface area contributed by atoms with Crippen LogP contribution in [0.4, 0.5) is 0 Å². The predicted molar refractivity (Wildman–Crippen MR) is 220 cm³/mol. The summed E-state index contributed by atoms with van der Waals surface area (Å²) in [5.41, 5.74) is 9.97. The molecule has 0 radical (unpaired) electrons. The lowest BCUT2D eigenvalue weighted by Crippen LogP contribution is -2.05. The number of ether oxygens (including phenoxy) is 4. The van der Waals surface area contributed by atoms with Crippen molar-refractivity contribution in [3.05, 3.63) is 178 Å². The number of pyridine rings is 2. The minimum Gasteiger partial charge on any atom is -0.489 e. The summed E-state index contributed by atoms with van der Waals surface area (Å²) in [6, 6.07) is 26.3. The molecule has 0 bridgehead atoms. The van der Waals surface area contributed by atoms with Gasteiger partial charge in [0.05, 0.1) is 22.3 Å². The fourth-order valence-corrected chi connectivity index (χ4v) is 6.37. The van der Waals surface area contributed by atoms with Gasteiger partial charge in [-0.25, -0.2) is 0 Å². The number of nitriles is 2. The molecular weight excluding hydrogens is 729 g/mol. The number of hydrogen-bond donors (Lipinski definition) is 0. The minimum atomic E-state index is 0.106. The molecule has 0 N–H and O–H groups in total. The van der Waals surface area contributed by atoms with Gasteiger partial charge in [-0.15, -0.1) is 0 Å². The van der Waals surface area contributed by atoms with Crippen LogP contribution in [0.2, 0.25) is 0 Å². The third-order valence-corrected chi connectivity index (χ3v) is 9.53. The predicted octanol–water partition coefficient (Wildman–Crippen LogP) is 9.73. The molecule has 4 aromatic carbocycles. The van der Waals surface area contributed by atoms with Crippen LogP contribution in [0.1, 0.15) is 76.4 Å². The van der Waals surface area contributed by atoms with Crippen LogP contribution in [0.3, 0.4) is 0 Å². The number of carbonyl (C=O) groups excluding carboxylic acids is 2. The van der Waals surface area contributed by atoms with E-state index >= 15 is 0 Å². The molecule has 0 unspecified atom stereocenters. The van der Waals surface area contributed by atoms with Crippen LogP contribution in [0.25, 0.3) is 23.3 Å². The van der Waals surface area contributed by atoms with Crippen molar-refractivity contribution < 1.29 is 28.5 Å². The summed E-state index contributed by atoms with van der Waals surface area (Å²) < 4.78 is 24.8. The molecule has 286 valence electrons. The van der Waals surface area contributed by atoms with Gasteiger partial charge in [0, 0.05) is 53.1 Å². The van der Waals surface area contributed by atoms with Gasteiger partial charge >= 0.3 is 0 Å². The molecule has 2 heterocycles. The Morgan fingerprint density at radius 3 is 1.64 bits per heavy atom. The second-order valence-corrected chi connectivity index (χ2v) is 13.2. The summed E-state index contributed by atoms with van der Waals surface area (Å²) in [5, 5.41) is 18.4. The Balaban J connectivity index is 1.19. The average Bonchev–Trinajstić information content (AvgIpc) is 3.26. The quantitative estimate of drug-likeness (QED) is 0.0823. The maximum atomic E-state index is 12.0. The number of aldehydes is 2. The van der Waals surface area contributed by atoms with E-state index in [0.717, 1.165) is 51.5 Å². The molecule has 10 heteroatoms. The van der Waals surface area contributed by atoms with E-state index in [4.69, 9.17) is 18.9 Å². The molecule has 6 aromatic rings. The Labute approximate surface area is 336 Å². The van der Waals surface area contributed by atoms with Gasteiger partial charge in [0.2, 0.25) is 0 Å². The van der Waals surface area contributed by atoms with E-state index in [9.17, 15) is 20.1 Å². The summed E-state index contributed by atoms with van der Waals surface area (Å²) in [4.78, 5) is 32.1. The van der Waals surface area contributed by atoms with Crippen LogP contribution >= 0.6 is 0 Å². The number of hydrogen-bond acceptors (Lipinski definition) is 10. The Hall–Kier alpha value is -7.82. The van der Waals surface area contributed by atoms with Crippen LogP contribution in [0, 0.1) is 36.5 Å². The Kier molecular flexibility index (Phi) is 12.8. The third-order valence-electron chi connectivity index (χ3n) is 9.53. The first-order valence-electron chi connectivity index (χ1n) is 18.2. The molecule has 0 saturated heterocycles. The van der Waals surface area contributed by atoms with E-state index < -0.39 is 0 Å². The first-order valence-corrected chi connectivity index (χ1v) is 18.2. The molecule has 0 aliphatic heterocycles. The van der Waals surface area contributed by atoms with Gasteiger partial charge in [-0.05, 0) is 83.6 Å². The lowest BCUT2D eigenvalue weighted by atomic mass is 9.93. The maximum absolute atomic E-state index is 12.0. The average molecular weight is 767 g/mol. The molecule has 0 aliphatic carbocycles. The number of aromatic nitrogens is 2. The van der Waals surface area contributed by atoms with Crippen LogP contribution in [0.5, 0.6) is 23.0 Å². The molecule has 6 rings (SSSR count). The van der Waals surface area contributed by atoms with Crippen molar-refractivity contribution in [2.24, 2.45) is 0 Å². The number of benzene rings is 4. The summed E-state index contributed by atoms with van der Waals surface area (Å²) >= 11 is 0. The zero-order valence-corrected chi connectivity index (χ0v) is 32.0.